The van der Waals surface area contributed by atoms with E-state index < -0.39 is 11.7 Å². The molecule has 9 heteroatoms. The summed E-state index contributed by atoms with van der Waals surface area (Å²) in [4.78, 5) is 16.6. The molecule has 3 heterocycles. The van der Waals surface area contributed by atoms with Crippen LogP contribution in [0.15, 0.2) is 42.5 Å². The van der Waals surface area contributed by atoms with E-state index >= 15 is 0 Å². The Hall–Kier alpha value is -2.36. The fourth-order valence-corrected chi connectivity index (χ4v) is 6.38. The lowest BCUT2D eigenvalue weighted by Crippen LogP contribution is -2.53. The Kier molecular flexibility index (Phi) is 8.16. The Labute approximate surface area is 223 Å². The zero-order valence-corrected chi connectivity index (χ0v) is 22.2. The summed E-state index contributed by atoms with van der Waals surface area (Å²) in [6.07, 6.45) is 6.39. The Balaban J connectivity index is 1.26. The van der Waals surface area contributed by atoms with Gasteiger partial charge in [-0.1, -0.05) is 24.3 Å². The van der Waals surface area contributed by atoms with Crippen molar-refractivity contribution in [3.63, 3.8) is 0 Å². The van der Waals surface area contributed by atoms with Gasteiger partial charge < -0.3 is 15.4 Å². The van der Waals surface area contributed by atoms with E-state index in [1.54, 1.807) is 6.07 Å². The molecule has 208 valence electrons. The van der Waals surface area contributed by atoms with E-state index in [0.29, 0.717) is 12.1 Å². The number of alkyl halides is 3. The first-order valence-electron chi connectivity index (χ1n) is 13.9. The second kappa shape index (κ2) is 11.4. The monoisotopic (exact) mass is 532 g/mol. The van der Waals surface area contributed by atoms with Gasteiger partial charge in [-0.05, 0) is 51.3 Å². The first-order valence-corrected chi connectivity index (χ1v) is 13.9. The minimum Gasteiger partial charge on any atom is -0.381 e. The van der Waals surface area contributed by atoms with E-state index in [0.717, 1.165) is 57.7 Å². The summed E-state index contributed by atoms with van der Waals surface area (Å²) < 4.78 is 47.5. The van der Waals surface area contributed by atoms with Gasteiger partial charge in [0.05, 0.1) is 24.3 Å². The van der Waals surface area contributed by atoms with Crippen LogP contribution in [0.25, 0.3) is 0 Å². The summed E-state index contributed by atoms with van der Waals surface area (Å²) in [5.74, 6) is 0.444. The van der Waals surface area contributed by atoms with E-state index in [2.05, 4.69) is 38.7 Å². The predicted molar refractivity (Wildman–Crippen MR) is 142 cm³/mol. The number of carbonyl (C=O) groups excluding carboxylic acids is 1. The summed E-state index contributed by atoms with van der Waals surface area (Å²) in [7, 11) is 0. The maximum absolute atomic E-state index is 13.6. The Bertz CT molecular complexity index is 1050. The maximum atomic E-state index is 13.6. The number of piperazine rings is 1. The van der Waals surface area contributed by atoms with Crippen molar-refractivity contribution < 1.29 is 22.7 Å². The average molecular weight is 533 g/mol. The fourth-order valence-electron chi connectivity index (χ4n) is 6.38. The van der Waals surface area contributed by atoms with Crippen molar-refractivity contribution in [2.45, 2.75) is 63.6 Å². The average Bonchev–Trinajstić information content (AvgIpc) is 2.88. The van der Waals surface area contributed by atoms with Gasteiger partial charge in [-0.3, -0.25) is 14.6 Å². The number of nitrogens with zero attached hydrogens (tertiary/aromatic N) is 2. The number of hydrogen-bond acceptors (Lipinski definition) is 5. The number of allylic oxidation sites excluding steroid dienone is 3. The number of ether oxygens (including phenoxy) is 1. The van der Waals surface area contributed by atoms with Crippen molar-refractivity contribution in [1.29, 1.82) is 0 Å². The molecule has 0 radical (unpaired) electrons. The number of nitrogens with one attached hydrogen (secondary N) is 2. The van der Waals surface area contributed by atoms with Gasteiger partial charge in [0.2, 0.25) is 5.91 Å². The zero-order chi connectivity index (χ0) is 26.9. The van der Waals surface area contributed by atoms with E-state index in [-0.39, 0.29) is 42.0 Å². The molecule has 1 unspecified atom stereocenters. The normalized spacial score (nSPS) is 30.0. The number of hydrogen-bond donors (Lipinski definition) is 2. The van der Waals surface area contributed by atoms with Crippen LogP contribution >= 0.6 is 0 Å². The molecule has 1 aromatic rings. The molecule has 1 aliphatic carbocycles. The molecule has 1 amide bonds. The molecular formula is C29H39F3N4O2. The third kappa shape index (κ3) is 6.26. The lowest BCUT2D eigenvalue weighted by molar-refractivity contribution is -0.138. The van der Waals surface area contributed by atoms with Gasteiger partial charge in [0.1, 0.15) is 0 Å². The van der Waals surface area contributed by atoms with E-state index in [4.69, 9.17) is 4.74 Å². The number of fused-ring (bicyclic) bond motifs is 3. The highest BCUT2D eigenvalue weighted by Crippen LogP contribution is 2.49. The molecule has 4 aliphatic rings. The van der Waals surface area contributed by atoms with E-state index in [1.807, 2.05) is 19.9 Å². The summed E-state index contributed by atoms with van der Waals surface area (Å²) in [6, 6.07) is 4.28. The van der Waals surface area contributed by atoms with Crippen LogP contribution in [0.5, 0.6) is 0 Å². The summed E-state index contributed by atoms with van der Waals surface area (Å²) in [6.45, 7) is 8.41. The lowest BCUT2D eigenvalue weighted by Gasteiger charge is -2.48. The molecule has 5 rings (SSSR count). The third-order valence-corrected chi connectivity index (χ3v) is 8.24. The Morgan fingerprint density at radius 3 is 2.58 bits per heavy atom. The van der Waals surface area contributed by atoms with Crippen LogP contribution in [0.1, 0.15) is 50.3 Å². The van der Waals surface area contributed by atoms with E-state index in [9.17, 15) is 18.0 Å². The first-order chi connectivity index (χ1) is 18.2. The van der Waals surface area contributed by atoms with Gasteiger partial charge in [-0.2, -0.15) is 13.2 Å². The standard InChI is InChI=1S/C29H39F3N4O2/c1-19(2)33-26(37)18-36-14-12-35(13-15-36)17-22-9-10-23-27(20-6-4-3-5-7-20)34-25-11-8-21(29(30,31)32)16-24(25)28(23)38-22/h3-6,8,11,16,19-20,22-23,27-28,34H,7,9-10,12-15,17-18H2,1-2H3,(H,33,37)/t20?,22-,23+,27+,28+/m1/s1. The molecule has 0 aromatic heterocycles. The number of anilines is 1. The molecular weight excluding hydrogens is 493 g/mol. The second-order valence-corrected chi connectivity index (χ2v) is 11.4. The van der Waals surface area contributed by atoms with Crippen LogP contribution in [-0.4, -0.2) is 73.2 Å². The maximum Gasteiger partial charge on any atom is 0.416 e. The summed E-state index contributed by atoms with van der Waals surface area (Å²) in [5.41, 5.74) is 0.752. The van der Waals surface area contributed by atoms with Crippen LogP contribution in [0.4, 0.5) is 18.9 Å². The SMILES string of the molecule is CC(C)NC(=O)CN1CCN(C[C@H]2CC[C@@H]3[C@H](O2)c2cc(C(F)(F)F)ccc2N[C@H]3C2C=CC=CC2)CC1. The van der Waals surface area contributed by atoms with Gasteiger partial charge in [-0.25, -0.2) is 0 Å². The van der Waals surface area contributed by atoms with Crippen molar-refractivity contribution >= 4 is 11.6 Å². The molecule has 6 nitrogen and oxygen atoms in total. The summed E-state index contributed by atoms with van der Waals surface area (Å²) in [5, 5.41) is 6.54. The Morgan fingerprint density at radius 1 is 1.13 bits per heavy atom. The highest BCUT2D eigenvalue weighted by atomic mass is 19.4. The number of rotatable bonds is 6. The smallest absolute Gasteiger partial charge is 0.381 e. The van der Waals surface area contributed by atoms with Crippen molar-refractivity contribution in [2.24, 2.45) is 11.8 Å². The minimum atomic E-state index is -4.39. The number of benzene rings is 1. The molecule has 0 saturated carbocycles. The number of amides is 1. The van der Waals surface area contributed by atoms with Crippen molar-refractivity contribution in [3.05, 3.63) is 53.6 Å². The first kappa shape index (κ1) is 27.2. The fraction of sp³-hybridized carbons (Fsp3) is 0.621. The Morgan fingerprint density at radius 2 is 1.89 bits per heavy atom. The summed E-state index contributed by atoms with van der Waals surface area (Å²) >= 11 is 0. The van der Waals surface area contributed by atoms with Crippen molar-refractivity contribution in [2.75, 3.05) is 44.6 Å². The van der Waals surface area contributed by atoms with Crippen LogP contribution in [-0.2, 0) is 15.7 Å². The van der Waals surface area contributed by atoms with Gasteiger partial charge in [0, 0.05) is 67.9 Å². The quantitative estimate of drug-likeness (QED) is 0.561. The minimum absolute atomic E-state index is 0.0324. The zero-order valence-electron chi connectivity index (χ0n) is 22.2. The molecule has 3 aliphatic heterocycles. The largest absolute Gasteiger partial charge is 0.416 e. The topological polar surface area (TPSA) is 56.8 Å². The molecule has 5 atom stereocenters. The molecule has 1 aromatic carbocycles. The van der Waals surface area contributed by atoms with Crippen LogP contribution in [0, 0.1) is 11.8 Å². The highest BCUT2D eigenvalue weighted by Gasteiger charge is 2.45. The van der Waals surface area contributed by atoms with Crippen LogP contribution < -0.4 is 10.6 Å². The predicted octanol–water partition coefficient (Wildman–Crippen LogP) is 4.61. The van der Waals surface area contributed by atoms with Crippen LogP contribution in [0.2, 0.25) is 0 Å². The van der Waals surface area contributed by atoms with Gasteiger partial charge in [0.25, 0.3) is 0 Å². The second-order valence-electron chi connectivity index (χ2n) is 11.4. The van der Waals surface area contributed by atoms with Crippen LogP contribution in [0.3, 0.4) is 0 Å². The number of halogens is 3. The molecule has 2 N–H and O–H groups in total. The van der Waals surface area contributed by atoms with Gasteiger partial charge in [-0.15, -0.1) is 0 Å². The number of carbonyl (C=O) groups is 1. The van der Waals surface area contributed by atoms with Crippen molar-refractivity contribution in [3.8, 4) is 0 Å². The molecule has 0 spiro atoms. The highest BCUT2D eigenvalue weighted by molar-refractivity contribution is 5.78. The van der Waals surface area contributed by atoms with E-state index in [1.165, 1.54) is 12.1 Å². The molecule has 38 heavy (non-hydrogen) atoms. The third-order valence-electron chi connectivity index (χ3n) is 8.24. The van der Waals surface area contributed by atoms with Crippen molar-refractivity contribution in [1.82, 2.24) is 15.1 Å². The molecule has 0 bridgehead atoms. The lowest BCUT2D eigenvalue weighted by atomic mass is 9.73. The molecule has 2 saturated heterocycles. The molecule has 2 fully saturated rings. The van der Waals surface area contributed by atoms with Gasteiger partial charge >= 0.3 is 6.18 Å². The van der Waals surface area contributed by atoms with Gasteiger partial charge in [0.15, 0.2) is 0 Å².